The van der Waals surface area contributed by atoms with Gasteiger partial charge in [-0.25, -0.2) is 17.4 Å². The molecule has 0 bridgehead atoms. The first-order valence-corrected chi connectivity index (χ1v) is 6.16. The van der Waals surface area contributed by atoms with E-state index >= 15 is 0 Å². The molecule has 94 valence electrons. The molecule has 0 saturated heterocycles. The molecule has 2 aromatic rings. The van der Waals surface area contributed by atoms with Crippen molar-refractivity contribution in [1.82, 2.24) is 8.96 Å². The topological polar surface area (TPSA) is 121 Å². The molecule has 8 nitrogen and oxygen atoms in total. The standard InChI is InChI=1S/C9H8N4O4S/c10-9-11-5-6-12(9)18(16,17)8-3-1-7(2-4-8)13(14)15/h1-6H,(H2,10,11). The lowest BCUT2D eigenvalue weighted by Gasteiger charge is -2.06. The number of benzene rings is 1. The van der Waals surface area contributed by atoms with E-state index in [1.807, 2.05) is 0 Å². The molecule has 2 rings (SSSR count). The number of nitrogens with two attached hydrogens (primary N) is 1. The number of non-ortho nitro benzene ring substituents is 1. The number of nitrogens with zero attached hydrogens (tertiary/aromatic N) is 3. The van der Waals surface area contributed by atoms with Gasteiger partial charge < -0.3 is 5.73 Å². The molecular formula is C9H8N4O4S. The summed E-state index contributed by atoms with van der Waals surface area (Å²) in [5, 5.41) is 10.5. The summed E-state index contributed by atoms with van der Waals surface area (Å²) in [5.74, 6) is -0.173. The van der Waals surface area contributed by atoms with Crippen molar-refractivity contribution in [1.29, 1.82) is 0 Å². The zero-order chi connectivity index (χ0) is 13.3. The third kappa shape index (κ3) is 1.91. The number of nitro benzene ring substituents is 1. The Labute approximate surface area is 102 Å². The van der Waals surface area contributed by atoms with Crippen molar-refractivity contribution in [3.8, 4) is 0 Å². The molecule has 0 unspecified atom stereocenters. The molecule has 2 N–H and O–H groups in total. The minimum absolute atomic E-state index is 0.0993. The van der Waals surface area contributed by atoms with Crippen molar-refractivity contribution in [2.45, 2.75) is 4.90 Å². The molecule has 0 spiro atoms. The molecule has 0 aliphatic heterocycles. The first-order valence-electron chi connectivity index (χ1n) is 4.72. The lowest BCUT2D eigenvalue weighted by molar-refractivity contribution is -0.384. The lowest BCUT2D eigenvalue weighted by Crippen LogP contribution is -2.14. The van der Waals surface area contributed by atoms with Gasteiger partial charge in [-0.2, -0.15) is 0 Å². The molecule has 1 heterocycles. The number of aromatic nitrogens is 2. The van der Waals surface area contributed by atoms with Gasteiger partial charge in [0.2, 0.25) is 5.95 Å². The number of hydrogen-bond donors (Lipinski definition) is 1. The predicted octanol–water partition coefficient (Wildman–Crippen LogP) is 0.610. The highest BCUT2D eigenvalue weighted by Crippen LogP contribution is 2.19. The quantitative estimate of drug-likeness (QED) is 0.643. The highest BCUT2D eigenvalue weighted by Gasteiger charge is 2.19. The monoisotopic (exact) mass is 268 g/mol. The Morgan fingerprint density at radius 2 is 1.89 bits per heavy atom. The van der Waals surface area contributed by atoms with E-state index < -0.39 is 14.9 Å². The summed E-state index contributed by atoms with van der Waals surface area (Å²) in [4.78, 5) is 13.4. The normalized spacial score (nSPS) is 11.3. The molecule has 18 heavy (non-hydrogen) atoms. The Morgan fingerprint density at radius 3 is 2.33 bits per heavy atom. The van der Waals surface area contributed by atoms with Crippen molar-refractivity contribution in [3.63, 3.8) is 0 Å². The molecule has 9 heteroatoms. The molecule has 0 radical (unpaired) electrons. The van der Waals surface area contributed by atoms with Gasteiger partial charge in [-0.3, -0.25) is 10.1 Å². The highest BCUT2D eigenvalue weighted by molar-refractivity contribution is 7.90. The Kier molecular flexibility index (Phi) is 2.75. The van der Waals surface area contributed by atoms with Gasteiger partial charge in [0.25, 0.3) is 15.7 Å². The van der Waals surface area contributed by atoms with Crippen molar-refractivity contribution < 1.29 is 13.3 Å². The van der Waals surface area contributed by atoms with Gasteiger partial charge in [0.1, 0.15) is 0 Å². The predicted molar refractivity (Wildman–Crippen MR) is 62.3 cm³/mol. The summed E-state index contributed by atoms with van der Waals surface area (Å²) < 4.78 is 24.9. The van der Waals surface area contributed by atoms with Gasteiger partial charge >= 0.3 is 0 Å². The van der Waals surface area contributed by atoms with E-state index in [9.17, 15) is 18.5 Å². The molecule has 0 saturated carbocycles. The lowest BCUT2D eigenvalue weighted by atomic mass is 10.3. The zero-order valence-corrected chi connectivity index (χ0v) is 9.74. The van der Waals surface area contributed by atoms with Gasteiger partial charge in [-0.1, -0.05) is 0 Å². The van der Waals surface area contributed by atoms with Crippen LogP contribution in [0.15, 0.2) is 41.6 Å². The largest absolute Gasteiger partial charge is 0.368 e. The summed E-state index contributed by atoms with van der Waals surface area (Å²) in [6.45, 7) is 0. The first kappa shape index (κ1) is 12.0. The van der Waals surface area contributed by atoms with Crippen molar-refractivity contribution in [2.75, 3.05) is 5.73 Å². The fourth-order valence-corrected chi connectivity index (χ4v) is 2.58. The molecule has 1 aromatic heterocycles. The minimum Gasteiger partial charge on any atom is -0.368 e. The molecule has 0 aliphatic rings. The summed E-state index contributed by atoms with van der Waals surface area (Å²) >= 11 is 0. The number of anilines is 1. The van der Waals surface area contributed by atoms with Crippen LogP contribution in [0.3, 0.4) is 0 Å². The second-order valence-electron chi connectivity index (χ2n) is 3.34. The van der Waals surface area contributed by atoms with Crippen LogP contribution in [-0.4, -0.2) is 22.3 Å². The minimum atomic E-state index is -3.86. The van der Waals surface area contributed by atoms with Crippen LogP contribution in [0.2, 0.25) is 0 Å². The maximum absolute atomic E-state index is 12.1. The molecule has 0 aliphatic carbocycles. The van der Waals surface area contributed by atoms with E-state index in [4.69, 9.17) is 5.73 Å². The van der Waals surface area contributed by atoms with Crippen LogP contribution >= 0.6 is 0 Å². The average Bonchev–Trinajstić information content (AvgIpc) is 2.76. The van der Waals surface area contributed by atoms with E-state index in [1.54, 1.807) is 0 Å². The van der Waals surface area contributed by atoms with Crippen LogP contribution in [0.5, 0.6) is 0 Å². The van der Waals surface area contributed by atoms with Crippen molar-refractivity contribution in [2.24, 2.45) is 0 Å². The van der Waals surface area contributed by atoms with Gasteiger partial charge in [-0.05, 0) is 12.1 Å². The molecular weight excluding hydrogens is 260 g/mol. The van der Waals surface area contributed by atoms with E-state index in [0.717, 1.165) is 28.2 Å². The third-order valence-corrected chi connectivity index (χ3v) is 3.93. The fourth-order valence-electron chi connectivity index (χ4n) is 1.36. The van der Waals surface area contributed by atoms with Crippen molar-refractivity contribution >= 4 is 21.7 Å². The summed E-state index contributed by atoms with van der Waals surface area (Å²) in [6.07, 6.45) is 2.45. The number of nitro groups is 1. The van der Waals surface area contributed by atoms with Crippen LogP contribution < -0.4 is 5.73 Å². The van der Waals surface area contributed by atoms with Crippen LogP contribution in [-0.2, 0) is 10.0 Å². The van der Waals surface area contributed by atoms with Crippen LogP contribution in [0.4, 0.5) is 11.6 Å². The zero-order valence-electron chi connectivity index (χ0n) is 8.92. The number of rotatable bonds is 3. The Hall–Kier alpha value is -2.42. The van der Waals surface area contributed by atoms with Gasteiger partial charge in [0.05, 0.1) is 9.82 Å². The second kappa shape index (κ2) is 4.11. The summed E-state index contributed by atoms with van der Waals surface area (Å²) in [6, 6.07) is 4.51. The highest BCUT2D eigenvalue weighted by atomic mass is 32.2. The van der Waals surface area contributed by atoms with Gasteiger partial charge in [-0.15, -0.1) is 0 Å². The maximum atomic E-state index is 12.1. The third-order valence-electron chi connectivity index (χ3n) is 2.24. The second-order valence-corrected chi connectivity index (χ2v) is 5.15. The number of imidazole rings is 1. The van der Waals surface area contributed by atoms with Crippen LogP contribution in [0, 0.1) is 10.1 Å². The first-order chi connectivity index (χ1) is 8.43. The Balaban J connectivity index is 2.49. The Morgan fingerprint density at radius 1 is 1.28 bits per heavy atom. The smallest absolute Gasteiger partial charge is 0.270 e. The molecule has 0 amide bonds. The fraction of sp³-hybridized carbons (Fsp3) is 0. The van der Waals surface area contributed by atoms with E-state index in [-0.39, 0.29) is 16.5 Å². The Bertz CT molecular complexity index is 690. The van der Waals surface area contributed by atoms with E-state index in [2.05, 4.69) is 4.98 Å². The molecule has 0 fully saturated rings. The van der Waals surface area contributed by atoms with Gasteiger partial charge in [0.15, 0.2) is 0 Å². The van der Waals surface area contributed by atoms with Crippen LogP contribution in [0.25, 0.3) is 0 Å². The van der Waals surface area contributed by atoms with E-state index in [0.29, 0.717) is 0 Å². The number of nitrogen functional groups attached to an aromatic ring is 1. The van der Waals surface area contributed by atoms with Crippen molar-refractivity contribution in [3.05, 3.63) is 46.8 Å². The maximum Gasteiger partial charge on any atom is 0.270 e. The molecule has 0 atom stereocenters. The van der Waals surface area contributed by atoms with Crippen LogP contribution in [0.1, 0.15) is 0 Å². The summed E-state index contributed by atoms with van der Waals surface area (Å²) in [5.41, 5.74) is 5.22. The van der Waals surface area contributed by atoms with Gasteiger partial charge in [0, 0.05) is 24.5 Å². The summed E-state index contributed by atoms with van der Waals surface area (Å²) in [7, 11) is -3.86. The molecule has 1 aromatic carbocycles. The number of hydrogen-bond acceptors (Lipinski definition) is 6. The average molecular weight is 268 g/mol. The SMILES string of the molecule is Nc1nccn1S(=O)(=O)c1ccc([N+](=O)[O-])cc1. The van der Waals surface area contributed by atoms with E-state index in [1.165, 1.54) is 12.4 Å².